The number of hydrogen-bond donors (Lipinski definition) is 3. The van der Waals surface area contributed by atoms with E-state index in [9.17, 15) is 9.59 Å². The number of rotatable bonds is 8. The summed E-state index contributed by atoms with van der Waals surface area (Å²) in [5.74, 6) is 2.90. The lowest BCUT2D eigenvalue weighted by atomic mass is 9.78. The Kier molecular flexibility index (Phi) is 8.03. The van der Waals surface area contributed by atoms with Crippen molar-refractivity contribution in [3.63, 3.8) is 0 Å². The standard InChI is InChI=1S/C40H47N7O4/c1-21(50-3)36(45-40(49)51-4)39(48)47-33-10-6-8-25(33)18-35(47)38-42-20-31(44-38)23-12-14-27-28-15-22(11-13-26(28)29(27)16-23)30-19-41-37(43-30)34-17-24-7-5-9-32(24)46(34)2/h11-16,19-21,24-25,32-36H,5-10,17-18H2,1-4H3,(H,41,43)(H,42,44)(H,45,49)/t21?,24?,25?,32?,33?,34?,35-,36?/m0/s1. The second-order valence-electron chi connectivity index (χ2n) is 15.4. The first-order valence-corrected chi connectivity index (χ1v) is 18.6. The summed E-state index contributed by atoms with van der Waals surface area (Å²) in [5.41, 5.74) is 9.18. The first kappa shape index (κ1) is 32.4. The molecule has 5 aliphatic rings. The Balaban J connectivity index is 0.936. The highest BCUT2D eigenvalue weighted by Gasteiger charge is 2.50. The zero-order valence-electron chi connectivity index (χ0n) is 29.8. The topological polar surface area (TPSA) is 128 Å². The normalized spacial score (nSPS) is 27.3. The number of aromatic amines is 2. The van der Waals surface area contributed by atoms with Gasteiger partial charge in [-0.25, -0.2) is 14.8 Å². The van der Waals surface area contributed by atoms with Gasteiger partial charge >= 0.3 is 6.09 Å². The molecule has 3 aliphatic carbocycles. The van der Waals surface area contributed by atoms with Crippen molar-refractivity contribution in [2.24, 2.45) is 11.8 Å². The lowest BCUT2D eigenvalue weighted by Crippen LogP contribution is -2.55. The van der Waals surface area contributed by atoms with E-state index in [0.29, 0.717) is 18.0 Å². The summed E-state index contributed by atoms with van der Waals surface area (Å²) in [6.45, 7) is 1.79. The highest BCUT2D eigenvalue weighted by atomic mass is 16.5. The van der Waals surface area contributed by atoms with Gasteiger partial charge in [0, 0.05) is 30.3 Å². The SMILES string of the molecule is COC(=O)NC(C(=O)N1C2CCCC2C[C@H]1c1ncc(-c2ccc3c(c2)-c2ccc(-c4cnc(C5CC6CCCC6N5C)[nH]4)cc2-3)[nH]1)C(C)OC. The van der Waals surface area contributed by atoms with Crippen LogP contribution in [0.2, 0.25) is 0 Å². The Bertz CT molecular complexity index is 1990. The first-order chi connectivity index (χ1) is 24.8. The molecule has 0 radical (unpaired) electrons. The van der Waals surface area contributed by atoms with Crippen LogP contribution in [0.1, 0.15) is 82.0 Å². The van der Waals surface area contributed by atoms with Crippen molar-refractivity contribution < 1.29 is 19.1 Å². The second kappa shape index (κ2) is 12.6. The van der Waals surface area contributed by atoms with Gasteiger partial charge in [-0.3, -0.25) is 9.69 Å². The summed E-state index contributed by atoms with van der Waals surface area (Å²) in [6.07, 6.45) is 11.9. The molecule has 51 heavy (non-hydrogen) atoms. The van der Waals surface area contributed by atoms with E-state index in [1.54, 1.807) is 14.0 Å². The molecule has 8 atom stereocenters. The lowest BCUT2D eigenvalue weighted by molar-refractivity contribution is -0.140. The predicted molar refractivity (Wildman–Crippen MR) is 193 cm³/mol. The van der Waals surface area contributed by atoms with Crippen LogP contribution >= 0.6 is 0 Å². The summed E-state index contributed by atoms with van der Waals surface area (Å²) >= 11 is 0. The predicted octanol–water partition coefficient (Wildman–Crippen LogP) is 6.86. The summed E-state index contributed by atoms with van der Waals surface area (Å²) in [5, 5.41) is 2.72. The van der Waals surface area contributed by atoms with Crippen LogP contribution in [0, 0.1) is 11.8 Å². The Labute approximate surface area is 298 Å². The third kappa shape index (κ3) is 5.30. The summed E-state index contributed by atoms with van der Waals surface area (Å²) in [4.78, 5) is 47.8. The molecule has 2 amide bonds. The summed E-state index contributed by atoms with van der Waals surface area (Å²) < 4.78 is 10.4. The molecule has 11 heteroatoms. The Morgan fingerprint density at radius 3 is 1.96 bits per heavy atom. The summed E-state index contributed by atoms with van der Waals surface area (Å²) in [6, 6.07) is 13.4. The molecule has 7 unspecified atom stereocenters. The lowest BCUT2D eigenvalue weighted by Gasteiger charge is -2.34. The van der Waals surface area contributed by atoms with Gasteiger partial charge in [0.2, 0.25) is 5.91 Å². The van der Waals surface area contributed by atoms with Crippen molar-refractivity contribution in [3.05, 3.63) is 60.4 Å². The fourth-order valence-electron chi connectivity index (χ4n) is 10.1. The number of likely N-dealkylation sites (tertiary alicyclic amines) is 2. The zero-order valence-corrected chi connectivity index (χ0v) is 29.8. The van der Waals surface area contributed by atoms with Crippen LogP contribution in [-0.2, 0) is 14.3 Å². The highest BCUT2D eigenvalue weighted by Crippen LogP contribution is 2.51. The van der Waals surface area contributed by atoms with Gasteiger partial charge in [-0.15, -0.1) is 0 Å². The molecule has 2 saturated heterocycles. The number of nitrogens with zero attached hydrogens (tertiary/aromatic N) is 4. The number of H-pyrrole nitrogens is 2. The van der Waals surface area contributed by atoms with Gasteiger partial charge in [0.25, 0.3) is 0 Å². The number of alkyl carbamates (subject to hydrolysis) is 1. The number of ether oxygens (including phenoxy) is 2. The third-order valence-electron chi connectivity index (χ3n) is 12.9. The fourth-order valence-corrected chi connectivity index (χ4v) is 10.1. The average Bonchev–Trinajstić information content (AvgIpc) is 3.99. The molecule has 2 aromatic carbocycles. The molecular formula is C40H47N7O4. The Morgan fingerprint density at radius 2 is 1.37 bits per heavy atom. The fraction of sp³-hybridized carbons (Fsp3) is 0.500. The molecule has 266 valence electrons. The van der Waals surface area contributed by atoms with Crippen LogP contribution in [0.5, 0.6) is 0 Å². The maximum Gasteiger partial charge on any atom is 0.407 e. The number of hydrogen-bond acceptors (Lipinski definition) is 7. The van der Waals surface area contributed by atoms with E-state index in [2.05, 4.69) is 63.6 Å². The van der Waals surface area contributed by atoms with Crippen molar-refractivity contribution in [3.8, 4) is 44.8 Å². The molecule has 4 fully saturated rings. The number of fused-ring (bicyclic) bond motifs is 6. The average molecular weight is 690 g/mol. The highest BCUT2D eigenvalue weighted by molar-refractivity contribution is 6.04. The quantitative estimate of drug-likeness (QED) is 0.162. The monoisotopic (exact) mass is 689 g/mol. The number of methoxy groups -OCH3 is 2. The van der Waals surface area contributed by atoms with Crippen LogP contribution in [-0.4, -0.2) is 87.2 Å². The van der Waals surface area contributed by atoms with Crippen molar-refractivity contribution >= 4 is 12.0 Å². The molecule has 9 rings (SSSR count). The van der Waals surface area contributed by atoms with Crippen LogP contribution in [0.15, 0.2) is 48.8 Å². The molecule has 4 aromatic rings. The van der Waals surface area contributed by atoms with Crippen molar-refractivity contribution in [2.75, 3.05) is 21.3 Å². The smallest absolute Gasteiger partial charge is 0.407 e. The largest absolute Gasteiger partial charge is 0.453 e. The third-order valence-corrected chi connectivity index (χ3v) is 12.9. The molecule has 3 N–H and O–H groups in total. The number of aromatic nitrogens is 4. The minimum atomic E-state index is -0.865. The minimum absolute atomic E-state index is 0.108. The molecule has 0 spiro atoms. The van der Waals surface area contributed by atoms with Crippen LogP contribution in [0.25, 0.3) is 44.8 Å². The maximum absolute atomic E-state index is 14.2. The van der Waals surface area contributed by atoms with Crippen LogP contribution in [0.3, 0.4) is 0 Å². The number of carbonyl (C=O) groups excluding carboxylic acids is 2. The molecule has 2 aromatic heterocycles. The van der Waals surface area contributed by atoms with E-state index in [-0.39, 0.29) is 18.0 Å². The van der Waals surface area contributed by atoms with Crippen LogP contribution in [0.4, 0.5) is 4.79 Å². The van der Waals surface area contributed by atoms with Crippen molar-refractivity contribution in [1.29, 1.82) is 0 Å². The maximum atomic E-state index is 14.2. The molecule has 0 bridgehead atoms. The van der Waals surface area contributed by atoms with Crippen molar-refractivity contribution in [1.82, 2.24) is 35.1 Å². The van der Waals surface area contributed by atoms with Gasteiger partial charge in [0.15, 0.2) is 0 Å². The van der Waals surface area contributed by atoms with Crippen LogP contribution < -0.4 is 5.32 Å². The first-order valence-electron chi connectivity index (χ1n) is 18.6. The molecule has 4 heterocycles. The number of benzene rings is 2. The Hall–Kier alpha value is -4.48. The summed E-state index contributed by atoms with van der Waals surface area (Å²) in [7, 11) is 5.11. The number of nitrogens with one attached hydrogen (secondary N) is 3. The van der Waals surface area contributed by atoms with Gasteiger partial charge in [0.1, 0.15) is 17.7 Å². The molecule has 2 aliphatic heterocycles. The second-order valence-corrected chi connectivity index (χ2v) is 15.4. The van der Waals surface area contributed by atoms with E-state index in [1.807, 2.05) is 17.3 Å². The van der Waals surface area contributed by atoms with E-state index < -0.39 is 18.2 Å². The van der Waals surface area contributed by atoms with E-state index in [1.165, 1.54) is 55.0 Å². The van der Waals surface area contributed by atoms with E-state index in [0.717, 1.165) is 65.8 Å². The number of imidazole rings is 2. The molecular weight excluding hydrogens is 642 g/mol. The van der Waals surface area contributed by atoms with Gasteiger partial charge < -0.3 is 29.7 Å². The van der Waals surface area contributed by atoms with Gasteiger partial charge in [-0.1, -0.05) is 37.1 Å². The van der Waals surface area contributed by atoms with Crippen molar-refractivity contribution in [2.45, 2.75) is 94.6 Å². The van der Waals surface area contributed by atoms with Gasteiger partial charge in [-0.05, 0) is 98.7 Å². The molecule has 2 saturated carbocycles. The number of carbonyl (C=O) groups is 2. The van der Waals surface area contributed by atoms with E-state index >= 15 is 0 Å². The van der Waals surface area contributed by atoms with Gasteiger partial charge in [0.05, 0.1) is 49.1 Å². The molecule has 11 nitrogen and oxygen atoms in total. The number of amides is 2. The minimum Gasteiger partial charge on any atom is -0.453 e. The van der Waals surface area contributed by atoms with Gasteiger partial charge in [-0.2, -0.15) is 0 Å². The Morgan fingerprint density at radius 1 is 0.804 bits per heavy atom. The van der Waals surface area contributed by atoms with E-state index in [4.69, 9.17) is 19.4 Å². The zero-order chi connectivity index (χ0) is 35.0.